The molecule has 0 aliphatic rings. The van der Waals surface area contributed by atoms with Crippen LogP contribution in [0.25, 0.3) is 106 Å². The van der Waals surface area contributed by atoms with Crippen LogP contribution in [0.3, 0.4) is 0 Å². The first-order valence-electron chi connectivity index (χ1n) is 19.1. The Bertz CT molecular complexity index is 3270. The first kappa shape index (κ1) is 32.7. The predicted molar refractivity (Wildman–Crippen MR) is 234 cm³/mol. The fraction of sp³-hybridized carbons (Fsp3) is 0. The third-order valence-electron chi connectivity index (χ3n) is 10.9. The van der Waals surface area contributed by atoms with Crippen molar-refractivity contribution >= 4 is 43.4 Å². The molecular weight excluding hydrogens is 695 g/mol. The molecule has 0 atom stereocenters. The van der Waals surface area contributed by atoms with Gasteiger partial charge in [-0.15, -0.1) is 0 Å². The zero-order valence-corrected chi connectivity index (χ0v) is 30.8. The van der Waals surface area contributed by atoms with Crippen molar-refractivity contribution < 1.29 is 0 Å². The molecule has 0 saturated heterocycles. The van der Waals surface area contributed by atoms with Gasteiger partial charge in [-0.1, -0.05) is 164 Å². The number of fused-ring (bicyclic) bond motifs is 6. The molecule has 11 rings (SSSR count). The summed E-state index contributed by atoms with van der Waals surface area (Å²) in [5, 5.41) is 7.14. The van der Waals surface area contributed by atoms with Gasteiger partial charge in [-0.05, 0) is 74.1 Å². The number of pyridine rings is 1. The van der Waals surface area contributed by atoms with Crippen molar-refractivity contribution in [2.24, 2.45) is 0 Å². The molecular formula is C52H33N5. The van der Waals surface area contributed by atoms with E-state index in [4.69, 9.17) is 19.9 Å². The lowest BCUT2D eigenvalue weighted by Gasteiger charge is -2.13. The normalized spacial score (nSPS) is 11.5. The van der Waals surface area contributed by atoms with E-state index < -0.39 is 0 Å². The number of aromatic nitrogens is 5. The van der Waals surface area contributed by atoms with E-state index >= 15 is 0 Å². The number of hydrogen-bond donors (Lipinski definition) is 0. The topological polar surface area (TPSA) is 56.5 Å². The third kappa shape index (κ3) is 5.72. The van der Waals surface area contributed by atoms with Gasteiger partial charge in [0.25, 0.3) is 0 Å². The molecule has 0 N–H and O–H groups in total. The molecule has 0 radical (unpaired) electrons. The lowest BCUT2D eigenvalue weighted by molar-refractivity contribution is 1.05. The molecule has 266 valence electrons. The summed E-state index contributed by atoms with van der Waals surface area (Å²) in [6, 6.07) is 68.0. The van der Waals surface area contributed by atoms with Crippen LogP contribution in [0.1, 0.15) is 0 Å². The molecule has 0 amide bonds. The molecule has 3 aromatic heterocycles. The number of benzene rings is 8. The van der Waals surface area contributed by atoms with Crippen LogP contribution in [0, 0.1) is 0 Å². The van der Waals surface area contributed by atoms with E-state index in [0.29, 0.717) is 23.2 Å². The summed E-state index contributed by atoms with van der Waals surface area (Å²) in [5.41, 5.74) is 10.4. The smallest absolute Gasteiger partial charge is 0.182 e. The van der Waals surface area contributed by atoms with Crippen LogP contribution < -0.4 is 0 Å². The molecule has 0 unspecified atom stereocenters. The Hall–Kier alpha value is -7.76. The van der Waals surface area contributed by atoms with Crippen molar-refractivity contribution in [3.8, 4) is 62.2 Å². The Labute approximate surface area is 329 Å². The predicted octanol–water partition coefficient (Wildman–Crippen LogP) is 13.0. The Kier molecular flexibility index (Phi) is 7.74. The van der Waals surface area contributed by atoms with Gasteiger partial charge in [0, 0.05) is 21.9 Å². The summed E-state index contributed by atoms with van der Waals surface area (Å²) >= 11 is 0. The Morgan fingerprint density at radius 2 is 0.965 bits per heavy atom. The largest absolute Gasteiger partial charge is 0.308 e. The van der Waals surface area contributed by atoms with E-state index in [1.54, 1.807) is 0 Å². The van der Waals surface area contributed by atoms with Gasteiger partial charge in [-0.3, -0.25) is 4.98 Å². The van der Waals surface area contributed by atoms with Gasteiger partial charge in [0.2, 0.25) is 0 Å². The van der Waals surface area contributed by atoms with E-state index in [1.165, 1.54) is 43.6 Å². The summed E-state index contributed by atoms with van der Waals surface area (Å²) in [6.07, 6.45) is 1.95. The van der Waals surface area contributed by atoms with Crippen LogP contribution in [0.15, 0.2) is 200 Å². The van der Waals surface area contributed by atoms with E-state index in [9.17, 15) is 0 Å². The minimum absolute atomic E-state index is 0.518. The molecule has 3 heterocycles. The summed E-state index contributed by atoms with van der Waals surface area (Å²) in [5.74, 6) is 1.72. The average molecular weight is 728 g/mol. The van der Waals surface area contributed by atoms with Gasteiger partial charge in [0.05, 0.1) is 22.9 Å². The lowest BCUT2D eigenvalue weighted by Crippen LogP contribution is -2.02. The fourth-order valence-electron chi connectivity index (χ4n) is 8.14. The minimum atomic E-state index is 0.518. The quantitative estimate of drug-likeness (QED) is 0.171. The Balaban J connectivity index is 1.12. The monoisotopic (exact) mass is 727 g/mol. The maximum absolute atomic E-state index is 5.09. The first-order valence-corrected chi connectivity index (χ1v) is 19.1. The van der Waals surface area contributed by atoms with Crippen molar-refractivity contribution in [2.45, 2.75) is 0 Å². The van der Waals surface area contributed by atoms with Crippen LogP contribution in [-0.2, 0) is 0 Å². The van der Waals surface area contributed by atoms with Crippen molar-refractivity contribution in [1.82, 2.24) is 24.5 Å². The molecule has 0 spiro atoms. The number of nitrogens with zero attached hydrogens (tertiary/aromatic N) is 5. The molecule has 0 aliphatic heterocycles. The Morgan fingerprint density at radius 3 is 1.70 bits per heavy atom. The molecule has 11 aromatic rings. The standard InChI is InChI=1S/C52H33N5/c1-4-14-34(15-5-1)39-26-28-44-47(31-39)57(48-32-45(36-17-6-2-7-18-36)42-22-12-13-23-43(42)49(44)48)41-27-29-46(53-33-41)52-55-50(37-19-8-3-9-20-37)54-51(56-52)40-25-24-35-16-10-11-21-38(35)30-40/h1-33H. The average Bonchev–Trinajstić information content (AvgIpc) is 3.63. The van der Waals surface area contributed by atoms with Gasteiger partial charge in [0.15, 0.2) is 17.5 Å². The number of hydrogen-bond acceptors (Lipinski definition) is 4. The van der Waals surface area contributed by atoms with Crippen molar-refractivity contribution in [3.63, 3.8) is 0 Å². The second-order valence-electron chi connectivity index (χ2n) is 14.3. The van der Waals surface area contributed by atoms with E-state index in [0.717, 1.165) is 38.8 Å². The zero-order valence-electron chi connectivity index (χ0n) is 30.8. The first-order chi connectivity index (χ1) is 28.2. The fourth-order valence-corrected chi connectivity index (χ4v) is 8.14. The molecule has 5 nitrogen and oxygen atoms in total. The summed E-state index contributed by atoms with van der Waals surface area (Å²) in [7, 11) is 0. The maximum atomic E-state index is 5.09. The maximum Gasteiger partial charge on any atom is 0.182 e. The van der Waals surface area contributed by atoms with Gasteiger partial charge in [-0.2, -0.15) is 0 Å². The van der Waals surface area contributed by atoms with Crippen LogP contribution in [0.4, 0.5) is 0 Å². The highest BCUT2D eigenvalue weighted by Crippen LogP contribution is 2.42. The highest BCUT2D eigenvalue weighted by Gasteiger charge is 2.20. The second-order valence-corrected chi connectivity index (χ2v) is 14.3. The van der Waals surface area contributed by atoms with Gasteiger partial charge in [-0.25, -0.2) is 15.0 Å². The van der Waals surface area contributed by atoms with Gasteiger partial charge >= 0.3 is 0 Å². The van der Waals surface area contributed by atoms with Crippen LogP contribution in [0.5, 0.6) is 0 Å². The molecule has 0 bridgehead atoms. The molecule has 57 heavy (non-hydrogen) atoms. The number of rotatable bonds is 6. The van der Waals surface area contributed by atoms with Crippen LogP contribution in [0.2, 0.25) is 0 Å². The van der Waals surface area contributed by atoms with Gasteiger partial charge in [0.1, 0.15) is 5.69 Å². The van der Waals surface area contributed by atoms with E-state index in [-0.39, 0.29) is 0 Å². The van der Waals surface area contributed by atoms with Crippen LogP contribution in [-0.4, -0.2) is 24.5 Å². The van der Waals surface area contributed by atoms with Crippen molar-refractivity contribution in [2.75, 3.05) is 0 Å². The highest BCUT2D eigenvalue weighted by atomic mass is 15.1. The van der Waals surface area contributed by atoms with Crippen LogP contribution >= 0.6 is 0 Å². The molecule has 5 heteroatoms. The molecule has 0 aliphatic carbocycles. The molecule has 0 saturated carbocycles. The third-order valence-corrected chi connectivity index (χ3v) is 10.9. The Morgan fingerprint density at radius 1 is 0.351 bits per heavy atom. The van der Waals surface area contributed by atoms with Crippen molar-refractivity contribution in [1.29, 1.82) is 0 Å². The summed E-state index contributed by atoms with van der Waals surface area (Å²) < 4.78 is 2.36. The van der Waals surface area contributed by atoms with E-state index in [1.807, 2.05) is 42.6 Å². The second kappa shape index (κ2) is 13.5. The molecule has 0 fully saturated rings. The lowest BCUT2D eigenvalue weighted by atomic mass is 9.94. The molecule has 8 aromatic carbocycles. The van der Waals surface area contributed by atoms with E-state index in [2.05, 4.69) is 162 Å². The SMILES string of the molecule is c1ccc(-c2ccc3c4c5ccccc5c(-c5ccccc5)cc4n(-c4ccc(-c5nc(-c6ccccc6)nc(-c6ccc7ccccc7c6)n5)nc4)c3c2)cc1. The van der Waals surface area contributed by atoms with Gasteiger partial charge < -0.3 is 4.57 Å². The summed E-state index contributed by atoms with van der Waals surface area (Å²) in [6.45, 7) is 0. The zero-order chi connectivity index (χ0) is 37.7. The summed E-state index contributed by atoms with van der Waals surface area (Å²) in [4.78, 5) is 20.1. The highest BCUT2D eigenvalue weighted by molar-refractivity contribution is 6.24. The van der Waals surface area contributed by atoms with Crippen molar-refractivity contribution in [3.05, 3.63) is 200 Å². The minimum Gasteiger partial charge on any atom is -0.308 e.